The second-order valence-electron chi connectivity index (χ2n) is 5.77. The van der Waals surface area contributed by atoms with Crippen molar-refractivity contribution in [3.05, 3.63) is 101 Å². The van der Waals surface area contributed by atoms with E-state index in [0.717, 1.165) is 18.6 Å². The molecule has 0 saturated heterocycles. The fourth-order valence-corrected chi connectivity index (χ4v) is 3.50. The fourth-order valence-electron chi connectivity index (χ4n) is 2.64. The highest BCUT2D eigenvalue weighted by Crippen LogP contribution is 2.23. The molecule has 3 rings (SSSR count). The van der Waals surface area contributed by atoms with Gasteiger partial charge in [0.15, 0.2) is 0 Å². The van der Waals surface area contributed by atoms with E-state index in [1.54, 1.807) is 0 Å². The van der Waals surface area contributed by atoms with E-state index in [2.05, 4.69) is 85.8 Å². The van der Waals surface area contributed by atoms with Crippen LogP contribution in [0, 0.1) is 0 Å². The van der Waals surface area contributed by atoms with Crippen LogP contribution in [0.3, 0.4) is 0 Å². The summed E-state index contributed by atoms with van der Waals surface area (Å²) in [5, 5.41) is 0. The molecule has 0 aliphatic rings. The second-order valence-corrected chi connectivity index (χ2v) is 6.82. The first-order chi connectivity index (χ1) is 11.3. The highest BCUT2D eigenvalue weighted by Gasteiger charge is 2.00. The van der Waals surface area contributed by atoms with Crippen LogP contribution in [0.4, 0.5) is 0 Å². The van der Waals surface area contributed by atoms with Gasteiger partial charge in [0.1, 0.15) is 0 Å². The van der Waals surface area contributed by atoms with Gasteiger partial charge in [-0.3, -0.25) is 0 Å². The Kier molecular flexibility index (Phi) is 5.55. The molecule has 0 aliphatic carbocycles. The molecule has 0 atom stereocenters. The molecule has 0 bridgehead atoms. The molecule has 23 heavy (non-hydrogen) atoms. The molecule has 0 spiro atoms. The summed E-state index contributed by atoms with van der Waals surface area (Å²) in [4.78, 5) is 1.33. The number of hydrogen-bond donors (Lipinski definition) is 0. The Bertz CT molecular complexity index is 729. The smallest absolute Gasteiger partial charge is 0.0232 e. The average Bonchev–Trinajstić information content (AvgIpc) is 2.62. The second kappa shape index (κ2) is 8.03. The summed E-state index contributed by atoms with van der Waals surface area (Å²) < 4.78 is 0. The van der Waals surface area contributed by atoms with Gasteiger partial charge in [-0.1, -0.05) is 73.7 Å². The van der Waals surface area contributed by atoms with E-state index < -0.39 is 0 Å². The SMILES string of the molecule is CCc1ccc(Cc2cccc(CSc3ccccc3)c2)cc1. The summed E-state index contributed by atoms with van der Waals surface area (Å²) in [6.45, 7) is 2.20. The molecule has 0 aromatic heterocycles. The topological polar surface area (TPSA) is 0 Å². The Hall–Kier alpha value is -1.99. The van der Waals surface area contributed by atoms with Crippen LogP contribution in [0.15, 0.2) is 83.8 Å². The molecule has 116 valence electrons. The fraction of sp³-hybridized carbons (Fsp3) is 0.182. The van der Waals surface area contributed by atoms with Crippen molar-refractivity contribution in [2.75, 3.05) is 0 Å². The highest BCUT2D eigenvalue weighted by atomic mass is 32.2. The summed E-state index contributed by atoms with van der Waals surface area (Å²) in [6, 6.07) is 28.5. The minimum Gasteiger partial charge on any atom is -0.121 e. The van der Waals surface area contributed by atoms with E-state index in [1.807, 2.05) is 11.8 Å². The van der Waals surface area contributed by atoms with E-state index in [9.17, 15) is 0 Å². The zero-order valence-electron chi connectivity index (χ0n) is 13.5. The lowest BCUT2D eigenvalue weighted by atomic mass is 10.0. The third kappa shape index (κ3) is 4.74. The number of aryl methyl sites for hydroxylation is 1. The maximum Gasteiger partial charge on any atom is 0.0232 e. The molecule has 0 amide bonds. The van der Waals surface area contributed by atoms with Crippen molar-refractivity contribution in [3.63, 3.8) is 0 Å². The largest absolute Gasteiger partial charge is 0.121 e. The summed E-state index contributed by atoms with van der Waals surface area (Å²) in [5.41, 5.74) is 5.57. The first-order valence-electron chi connectivity index (χ1n) is 8.17. The van der Waals surface area contributed by atoms with Gasteiger partial charge in [0, 0.05) is 10.6 Å². The lowest BCUT2D eigenvalue weighted by molar-refractivity contribution is 1.12. The maximum absolute atomic E-state index is 2.34. The Morgan fingerprint density at radius 1 is 0.652 bits per heavy atom. The van der Waals surface area contributed by atoms with Gasteiger partial charge in [0.05, 0.1) is 0 Å². The minimum absolute atomic E-state index is 1.01. The quantitative estimate of drug-likeness (QED) is 0.492. The number of thioether (sulfide) groups is 1. The summed E-state index contributed by atoms with van der Waals surface area (Å²) in [6.07, 6.45) is 2.11. The molecule has 3 aromatic carbocycles. The minimum atomic E-state index is 1.01. The lowest BCUT2D eigenvalue weighted by Gasteiger charge is -2.07. The Morgan fingerprint density at radius 3 is 2.09 bits per heavy atom. The van der Waals surface area contributed by atoms with E-state index in [1.165, 1.54) is 27.1 Å². The molecular formula is C22H22S. The van der Waals surface area contributed by atoms with E-state index in [0.29, 0.717) is 0 Å². The van der Waals surface area contributed by atoms with Crippen LogP contribution in [0.25, 0.3) is 0 Å². The molecular weight excluding hydrogens is 296 g/mol. The zero-order chi connectivity index (χ0) is 15.9. The number of hydrogen-bond acceptors (Lipinski definition) is 1. The van der Waals surface area contributed by atoms with E-state index >= 15 is 0 Å². The number of benzene rings is 3. The van der Waals surface area contributed by atoms with Gasteiger partial charge in [0.2, 0.25) is 0 Å². The van der Waals surface area contributed by atoms with Crippen LogP contribution >= 0.6 is 11.8 Å². The molecule has 1 heteroatoms. The van der Waals surface area contributed by atoms with Gasteiger partial charge in [-0.15, -0.1) is 11.8 Å². The van der Waals surface area contributed by atoms with E-state index in [4.69, 9.17) is 0 Å². The zero-order valence-corrected chi connectivity index (χ0v) is 14.4. The van der Waals surface area contributed by atoms with Gasteiger partial charge in [-0.05, 0) is 47.2 Å². The first-order valence-corrected chi connectivity index (χ1v) is 9.15. The predicted molar refractivity (Wildman–Crippen MR) is 101 cm³/mol. The van der Waals surface area contributed by atoms with Crippen LogP contribution in [0.5, 0.6) is 0 Å². The van der Waals surface area contributed by atoms with Crippen molar-refractivity contribution >= 4 is 11.8 Å². The number of rotatable bonds is 6. The molecule has 0 heterocycles. The molecule has 0 radical (unpaired) electrons. The molecule has 0 fully saturated rings. The maximum atomic E-state index is 2.34. The van der Waals surface area contributed by atoms with Crippen LogP contribution in [-0.2, 0) is 18.6 Å². The van der Waals surface area contributed by atoms with E-state index in [-0.39, 0.29) is 0 Å². The standard InChI is InChI=1S/C22H22S/c1-2-18-11-13-19(14-12-18)15-20-7-6-8-21(16-20)17-23-22-9-4-3-5-10-22/h3-14,16H,2,15,17H2,1H3. The van der Waals surface area contributed by atoms with Gasteiger partial charge in [-0.2, -0.15) is 0 Å². The van der Waals surface area contributed by atoms with Crippen LogP contribution in [0.1, 0.15) is 29.2 Å². The normalized spacial score (nSPS) is 10.7. The van der Waals surface area contributed by atoms with Crippen LogP contribution in [0.2, 0.25) is 0 Å². The van der Waals surface area contributed by atoms with Crippen molar-refractivity contribution in [1.29, 1.82) is 0 Å². The molecule has 0 unspecified atom stereocenters. The summed E-state index contributed by atoms with van der Waals surface area (Å²) in [7, 11) is 0. The molecule has 0 nitrogen and oxygen atoms in total. The van der Waals surface area contributed by atoms with Crippen LogP contribution in [-0.4, -0.2) is 0 Å². The third-order valence-electron chi connectivity index (χ3n) is 3.98. The van der Waals surface area contributed by atoms with Crippen molar-refractivity contribution < 1.29 is 0 Å². The summed E-state index contributed by atoms with van der Waals surface area (Å²) >= 11 is 1.89. The monoisotopic (exact) mass is 318 g/mol. The Labute approximate surface area is 143 Å². The van der Waals surface area contributed by atoms with Gasteiger partial charge < -0.3 is 0 Å². The van der Waals surface area contributed by atoms with Crippen molar-refractivity contribution in [3.8, 4) is 0 Å². The molecule has 0 N–H and O–H groups in total. The molecule has 0 aliphatic heterocycles. The van der Waals surface area contributed by atoms with Crippen molar-refractivity contribution in [2.45, 2.75) is 30.4 Å². The Morgan fingerprint density at radius 2 is 1.35 bits per heavy atom. The summed E-state index contributed by atoms with van der Waals surface area (Å²) in [5.74, 6) is 1.02. The van der Waals surface area contributed by atoms with Crippen molar-refractivity contribution in [2.24, 2.45) is 0 Å². The third-order valence-corrected chi connectivity index (χ3v) is 5.06. The molecule has 0 saturated carbocycles. The van der Waals surface area contributed by atoms with Gasteiger partial charge >= 0.3 is 0 Å². The highest BCUT2D eigenvalue weighted by molar-refractivity contribution is 7.98. The van der Waals surface area contributed by atoms with Gasteiger partial charge in [0.25, 0.3) is 0 Å². The van der Waals surface area contributed by atoms with Crippen molar-refractivity contribution in [1.82, 2.24) is 0 Å². The first kappa shape index (κ1) is 15.9. The van der Waals surface area contributed by atoms with Crippen LogP contribution < -0.4 is 0 Å². The average molecular weight is 318 g/mol. The lowest BCUT2D eigenvalue weighted by Crippen LogP contribution is -1.91. The Balaban J connectivity index is 1.64. The molecule has 3 aromatic rings. The van der Waals surface area contributed by atoms with Gasteiger partial charge in [-0.25, -0.2) is 0 Å². The predicted octanol–water partition coefficient (Wildman–Crippen LogP) is 6.13.